The van der Waals surface area contributed by atoms with Crippen LogP contribution in [-0.4, -0.2) is 96.7 Å². The van der Waals surface area contributed by atoms with Gasteiger partial charge in [-0.3, -0.25) is 37.3 Å². The predicted molar refractivity (Wildman–Crippen MR) is 427 cm³/mol. The molecule has 0 aromatic rings. The quantitative estimate of drug-likeness (QED) is 0.0169. The second-order valence-electron chi connectivity index (χ2n) is 27.0. The van der Waals surface area contributed by atoms with Gasteiger partial charge in [-0.15, -0.1) is 0 Å². The number of phosphoric ester groups is 2. The van der Waals surface area contributed by atoms with E-state index in [-0.39, 0.29) is 25.7 Å². The third kappa shape index (κ3) is 75.7. The zero-order chi connectivity index (χ0) is 76.0. The Kier molecular flexibility index (Phi) is 73.3. The van der Waals surface area contributed by atoms with Crippen LogP contribution in [0, 0.1) is 0 Å². The van der Waals surface area contributed by atoms with Gasteiger partial charge in [0.2, 0.25) is 0 Å². The molecule has 3 N–H and O–H groups in total. The molecule has 0 aliphatic heterocycles. The summed E-state index contributed by atoms with van der Waals surface area (Å²) in [5, 5.41) is 10.6. The Labute approximate surface area is 632 Å². The SMILES string of the molecule is CC/C=C\C/C=C\C/C=C\C/C=C\CCCCCCC(=O)OCC(COP(=O)(O)OCC(O)COP(=O)(O)OCC(COC(=O)CCCCCCCC/C=C\C/C=C\C/C=C\CCCCC)OC(=O)CCCCCCC/C=C\C/C=C\C/C=C\CC)OC(=O)CCCCCCCCCCCCCCC. The molecule has 104 heavy (non-hydrogen) atoms. The van der Waals surface area contributed by atoms with E-state index in [2.05, 4.69) is 149 Å². The number of hydrogen-bond acceptors (Lipinski definition) is 15. The molecule has 0 amide bonds. The van der Waals surface area contributed by atoms with Crippen molar-refractivity contribution in [1.29, 1.82) is 0 Å². The maximum Gasteiger partial charge on any atom is 0.472 e. The lowest BCUT2D eigenvalue weighted by molar-refractivity contribution is -0.161. The normalized spacial score (nSPS) is 14.5. The summed E-state index contributed by atoms with van der Waals surface area (Å²) in [7, 11) is -9.97. The van der Waals surface area contributed by atoms with Crippen LogP contribution in [0.4, 0.5) is 0 Å². The van der Waals surface area contributed by atoms with Crippen molar-refractivity contribution in [3.8, 4) is 0 Å². The highest BCUT2D eigenvalue weighted by Crippen LogP contribution is 2.45. The zero-order valence-corrected chi connectivity index (χ0v) is 67.2. The number of phosphoric acid groups is 2. The van der Waals surface area contributed by atoms with E-state index in [1.54, 1.807) is 0 Å². The van der Waals surface area contributed by atoms with Gasteiger partial charge in [-0.1, -0.05) is 297 Å². The Bertz CT molecular complexity index is 2440. The minimum Gasteiger partial charge on any atom is -0.462 e. The molecule has 0 aliphatic carbocycles. The summed E-state index contributed by atoms with van der Waals surface area (Å²) in [5.41, 5.74) is 0. The molecule has 0 radical (unpaired) electrons. The summed E-state index contributed by atoms with van der Waals surface area (Å²) in [6.07, 6.45) is 84.5. The maximum absolute atomic E-state index is 13.1. The van der Waals surface area contributed by atoms with Gasteiger partial charge >= 0.3 is 39.5 Å². The first-order valence-electron chi connectivity index (χ1n) is 40.8. The highest BCUT2D eigenvalue weighted by molar-refractivity contribution is 7.47. The number of allylic oxidation sites excluding steroid dienone is 20. The highest BCUT2D eigenvalue weighted by Gasteiger charge is 2.30. The van der Waals surface area contributed by atoms with Crippen molar-refractivity contribution < 1.29 is 80.2 Å². The van der Waals surface area contributed by atoms with Gasteiger partial charge < -0.3 is 33.8 Å². The Hall–Kier alpha value is -4.54. The number of hydrogen-bond donors (Lipinski definition) is 3. The molecular weight excluding hydrogens is 1350 g/mol. The van der Waals surface area contributed by atoms with Crippen LogP contribution in [0.15, 0.2) is 122 Å². The molecule has 17 nitrogen and oxygen atoms in total. The van der Waals surface area contributed by atoms with Crippen LogP contribution in [0.25, 0.3) is 0 Å². The molecular formula is C85H146O17P2. The second-order valence-corrected chi connectivity index (χ2v) is 29.9. The van der Waals surface area contributed by atoms with Gasteiger partial charge in [0.25, 0.3) is 0 Å². The fourth-order valence-electron chi connectivity index (χ4n) is 10.8. The topological polar surface area (TPSA) is 237 Å². The van der Waals surface area contributed by atoms with Gasteiger partial charge in [-0.2, -0.15) is 0 Å². The molecule has 598 valence electrons. The summed E-state index contributed by atoms with van der Waals surface area (Å²) in [5.74, 6) is -2.22. The van der Waals surface area contributed by atoms with Gasteiger partial charge in [0, 0.05) is 25.7 Å². The van der Waals surface area contributed by atoms with Crippen LogP contribution in [0.5, 0.6) is 0 Å². The summed E-state index contributed by atoms with van der Waals surface area (Å²) < 4.78 is 68.6. The number of carbonyl (C=O) groups excluding carboxylic acids is 4. The first-order chi connectivity index (χ1) is 50.7. The van der Waals surface area contributed by atoms with Crippen LogP contribution >= 0.6 is 15.6 Å². The number of unbranched alkanes of at least 4 members (excludes halogenated alkanes) is 30. The van der Waals surface area contributed by atoms with Crippen molar-refractivity contribution in [1.82, 2.24) is 0 Å². The molecule has 0 fully saturated rings. The lowest BCUT2D eigenvalue weighted by atomic mass is 10.0. The van der Waals surface area contributed by atoms with E-state index in [1.165, 1.54) is 70.6 Å². The molecule has 0 bridgehead atoms. The van der Waals surface area contributed by atoms with Crippen LogP contribution in [0.3, 0.4) is 0 Å². The molecule has 0 saturated heterocycles. The van der Waals surface area contributed by atoms with Crippen molar-refractivity contribution in [2.24, 2.45) is 0 Å². The number of ether oxygens (including phenoxy) is 4. The van der Waals surface area contributed by atoms with E-state index in [1.807, 2.05) is 0 Å². The zero-order valence-electron chi connectivity index (χ0n) is 65.4. The minimum atomic E-state index is -4.99. The molecule has 5 unspecified atom stereocenters. The minimum absolute atomic E-state index is 0.0706. The molecule has 5 atom stereocenters. The van der Waals surface area contributed by atoms with Crippen molar-refractivity contribution in [2.75, 3.05) is 39.6 Å². The Morgan fingerprint density at radius 1 is 0.279 bits per heavy atom. The fourth-order valence-corrected chi connectivity index (χ4v) is 12.3. The lowest BCUT2D eigenvalue weighted by Gasteiger charge is -2.21. The van der Waals surface area contributed by atoms with Crippen LogP contribution in [0.2, 0.25) is 0 Å². The molecule has 0 aromatic carbocycles. The first-order valence-corrected chi connectivity index (χ1v) is 43.8. The van der Waals surface area contributed by atoms with E-state index < -0.39 is 97.5 Å². The highest BCUT2D eigenvalue weighted by atomic mass is 31.2. The summed E-state index contributed by atoms with van der Waals surface area (Å²) in [6, 6.07) is 0. The Balaban J connectivity index is 5.38. The summed E-state index contributed by atoms with van der Waals surface area (Å²) in [4.78, 5) is 73.1. The third-order valence-corrected chi connectivity index (χ3v) is 18.8. The Morgan fingerprint density at radius 2 is 0.500 bits per heavy atom. The molecule has 0 aromatic heterocycles. The van der Waals surface area contributed by atoms with Crippen molar-refractivity contribution >= 4 is 39.5 Å². The average Bonchev–Trinajstić information content (AvgIpc) is 0.918. The lowest BCUT2D eigenvalue weighted by Crippen LogP contribution is -2.30. The molecule has 19 heteroatoms. The van der Waals surface area contributed by atoms with Crippen molar-refractivity contribution in [2.45, 2.75) is 354 Å². The number of aliphatic hydroxyl groups excluding tert-OH is 1. The van der Waals surface area contributed by atoms with Gasteiger partial charge in [0.05, 0.1) is 26.4 Å². The van der Waals surface area contributed by atoms with Gasteiger partial charge in [0.15, 0.2) is 12.2 Å². The van der Waals surface area contributed by atoms with Crippen LogP contribution in [-0.2, 0) is 65.4 Å². The predicted octanol–water partition coefficient (Wildman–Crippen LogP) is 23.9. The van der Waals surface area contributed by atoms with E-state index >= 15 is 0 Å². The monoisotopic (exact) mass is 1500 g/mol. The van der Waals surface area contributed by atoms with Gasteiger partial charge in [-0.05, 0) is 135 Å². The van der Waals surface area contributed by atoms with Gasteiger partial charge in [-0.25, -0.2) is 9.13 Å². The number of carbonyl (C=O) groups is 4. The number of aliphatic hydroxyl groups is 1. The van der Waals surface area contributed by atoms with Crippen molar-refractivity contribution in [3.63, 3.8) is 0 Å². The third-order valence-electron chi connectivity index (χ3n) is 16.9. The fraction of sp³-hybridized carbons (Fsp3) is 0.718. The van der Waals surface area contributed by atoms with Crippen LogP contribution in [0.1, 0.15) is 336 Å². The maximum atomic E-state index is 13.1. The standard InChI is InChI=1S/C85H146O17P2/c1-5-9-13-17-21-25-29-33-36-38-39-41-44-47-50-54-58-62-66-70-83(88)96-76-81(102-85(90)72-68-64-60-56-52-48-42-35-31-27-23-19-15-11-7-3)78-100-104(93,94)98-74-79(86)73-97-103(91,92)99-77-80(101-84(89)71-67-63-59-55-51-45-32-28-24-20-16-12-8-4)75-95-82(87)69-65-61-57-53-49-46-43-40-37-34-30-26-22-18-14-10-6-2/h10-11,14-15,21-23,25-27,33-37,39,41-43,46,79-81,86H,5-9,12-13,16-20,24,28-32,38,40,44-45,47-78H2,1-4H3,(H,91,92)(H,93,94)/b14-10-,15-11-,25-21-,26-22-,27-23-,36-33-,37-34-,41-39-,42-35-,46-43-. The number of esters is 4. The molecule has 0 aliphatic rings. The average molecular weight is 1500 g/mol. The van der Waals surface area contributed by atoms with Gasteiger partial charge in [0.1, 0.15) is 19.3 Å². The molecule has 0 heterocycles. The van der Waals surface area contributed by atoms with Crippen LogP contribution < -0.4 is 0 Å². The second kappa shape index (κ2) is 76.6. The van der Waals surface area contributed by atoms with E-state index in [0.29, 0.717) is 25.7 Å². The molecule has 0 spiro atoms. The summed E-state index contributed by atoms with van der Waals surface area (Å²) in [6.45, 7) is 4.59. The first kappa shape index (κ1) is 99.5. The Morgan fingerprint density at radius 3 is 0.788 bits per heavy atom. The molecule has 0 rings (SSSR count). The largest absolute Gasteiger partial charge is 0.472 e. The van der Waals surface area contributed by atoms with E-state index in [9.17, 15) is 43.2 Å². The van der Waals surface area contributed by atoms with Crippen molar-refractivity contribution in [3.05, 3.63) is 122 Å². The van der Waals surface area contributed by atoms with E-state index in [0.717, 1.165) is 186 Å². The number of rotatable bonds is 76. The van der Waals surface area contributed by atoms with E-state index in [4.69, 9.17) is 37.0 Å². The summed E-state index contributed by atoms with van der Waals surface area (Å²) >= 11 is 0. The smallest absolute Gasteiger partial charge is 0.462 e. The molecule has 0 saturated carbocycles.